The number of piperidine rings is 1. The first-order valence-electron chi connectivity index (χ1n) is 8.19. The lowest BCUT2D eigenvalue weighted by Gasteiger charge is -2.34. The van der Waals surface area contributed by atoms with E-state index in [1.54, 1.807) is 4.90 Å². The molecule has 0 saturated carbocycles. The number of azide groups is 1. The Morgan fingerprint density at radius 3 is 2.62 bits per heavy atom. The molecule has 0 atom stereocenters. The number of rotatable bonds is 3. The van der Waals surface area contributed by atoms with Gasteiger partial charge in [0.25, 0.3) is 0 Å². The van der Waals surface area contributed by atoms with E-state index >= 15 is 0 Å². The maximum Gasteiger partial charge on any atom is 0.410 e. The normalized spacial score (nSPS) is 15.6. The number of aryl methyl sites for hydroxylation is 1. The predicted molar refractivity (Wildman–Crippen MR) is 94.4 cm³/mol. The van der Waals surface area contributed by atoms with Crippen LogP contribution >= 0.6 is 0 Å². The zero-order valence-corrected chi connectivity index (χ0v) is 14.7. The maximum absolute atomic E-state index is 12.1. The average molecular weight is 331 g/mol. The van der Waals surface area contributed by atoms with Crippen molar-refractivity contribution < 1.29 is 9.53 Å². The van der Waals surface area contributed by atoms with Gasteiger partial charge in [0.1, 0.15) is 5.60 Å². The highest BCUT2D eigenvalue weighted by atomic mass is 16.6. The van der Waals surface area contributed by atoms with Crippen molar-refractivity contribution in [2.24, 2.45) is 5.11 Å². The fourth-order valence-electron chi connectivity index (χ4n) is 2.65. The molecule has 0 aliphatic carbocycles. The Bertz CT molecular complexity index is 639. The van der Waals surface area contributed by atoms with E-state index in [2.05, 4.69) is 15.3 Å². The Labute approximate surface area is 142 Å². The molecule has 1 amide bonds. The Balaban J connectivity index is 1.95. The summed E-state index contributed by atoms with van der Waals surface area (Å²) in [7, 11) is 0. The van der Waals surface area contributed by atoms with Gasteiger partial charge >= 0.3 is 6.09 Å². The van der Waals surface area contributed by atoms with Gasteiger partial charge in [-0.15, -0.1) is 0 Å². The number of carbonyl (C=O) groups excluding carboxylic acids is 1. The molecule has 130 valence electrons. The van der Waals surface area contributed by atoms with Crippen LogP contribution in [0.5, 0.6) is 0 Å². The van der Waals surface area contributed by atoms with Gasteiger partial charge in [-0.25, -0.2) is 4.79 Å². The van der Waals surface area contributed by atoms with E-state index < -0.39 is 5.60 Å². The number of hydrogen-bond acceptors (Lipinski definition) is 4. The van der Waals surface area contributed by atoms with Crippen molar-refractivity contribution in [1.82, 2.24) is 4.90 Å². The fourth-order valence-corrected chi connectivity index (χ4v) is 2.65. The monoisotopic (exact) mass is 331 g/mol. The summed E-state index contributed by atoms with van der Waals surface area (Å²) < 4.78 is 5.41. The van der Waals surface area contributed by atoms with Gasteiger partial charge in [0.2, 0.25) is 0 Å². The molecule has 2 rings (SSSR count). The van der Waals surface area contributed by atoms with Gasteiger partial charge in [-0.1, -0.05) is 17.2 Å². The van der Waals surface area contributed by atoms with E-state index in [1.807, 2.05) is 45.9 Å². The van der Waals surface area contributed by atoms with Crippen LogP contribution in [0.3, 0.4) is 0 Å². The maximum atomic E-state index is 12.1. The summed E-state index contributed by atoms with van der Waals surface area (Å²) >= 11 is 0. The molecule has 1 saturated heterocycles. The Morgan fingerprint density at radius 2 is 2.04 bits per heavy atom. The van der Waals surface area contributed by atoms with E-state index in [-0.39, 0.29) is 12.1 Å². The standard InChI is InChI=1S/C17H25N5O2/c1-12-5-6-14(20-21-18)15(11-12)19-13-7-9-22(10-8-13)16(23)24-17(2,3)4/h5-6,11,13,19H,7-10H2,1-4H3. The van der Waals surface area contributed by atoms with Crippen LogP contribution in [0.25, 0.3) is 10.4 Å². The summed E-state index contributed by atoms with van der Waals surface area (Å²) in [5, 5.41) is 7.17. The first-order chi connectivity index (χ1) is 11.3. The summed E-state index contributed by atoms with van der Waals surface area (Å²) in [4.78, 5) is 16.7. The van der Waals surface area contributed by atoms with Crippen molar-refractivity contribution in [2.45, 2.75) is 52.2 Å². The van der Waals surface area contributed by atoms with Gasteiger partial charge in [0.05, 0.1) is 5.69 Å². The second kappa shape index (κ2) is 7.45. The third kappa shape index (κ3) is 5.06. The van der Waals surface area contributed by atoms with Crippen molar-refractivity contribution in [1.29, 1.82) is 0 Å². The highest BCUT2D eigenvalue weighted by Crippen LogP contribution is 2.28. The van der Waals surface area contributed by atoms with Crippen LogP contribution in [0.15, 0.2) is 23.3 Å². The van der Waals surface area contributed by atoms with Crippen molar-refractivity contribution in [2.75, 3.05) is 18.4 Å². The summed E-state index contributed by atoms with van der Waals surface area (Å²) in [6.07, 6.45) is 1.39. The minimum Gasteiger partial charge on any atom is -0.444 e. The van der Waals surface area contributed by atoms with Crippen LogP contribution in [-0.4, -0.2) is 35.7 Å². The third-order valence-electron chi connectivity index (χ3n) is 3.81. The molecular formula is C17H25N5O2. The number of nitrogens with zero attached hydrogens (tertiary/aromatic N) is 4. The molecule has 0 unspecified atom stereocenters. The smallest absolute Gasteiger partial charge is 0.410 e. The van der Waals surface area contributed by atoms with E-state index in [4.69, 9.17) is 10.3 Å². The Morgan fingerprint density at radius 1 is 1.38 bits per heavy atom. The molecule has 0 radical (unpaired) electrons. The van der Waals surface area contributed by atoms with Crippen molar-refractivity contribution in [3.05, 3.63) is 34.2 Å². The lowest BCUT2D eigenvalue weighted by atomic mass is 10.0. The Kier molecular flexibility index (Phi) is 5.57. The Hall–Kier alpha value is -2.40. The van der Waals surface area contributed by atoms with Gasteiger partial charge < -0.3 is 15.0 Å². The number of amides is 1. The second-order valence-corrected chi connectivity index (χ2v) is 7.10. The van der Waals surface area contributed by atoms with E-state index in [0.29, 0.717) is 18.8 Å². The van der Waals surface area contributed by atoms with E-state index in [1.165, 1.54) is 0 Å². The van der Waals surface area contributed by atoms with E-state index in [0.717, 1.165) is 24.1 Å². The highest BCUT2D eigenvalue weighted by molar-refractivity contribution is 5.69. The SMILES string of the molecule is Cc1ccc(N=[N+]=[N-])c(NC2CCN(C(=O)OC(C)(C)C)CC2)c1. The van der Waals surface area contributed by atoms with Gasteiger partial charge in [-0.2, -0.15) is 0 Å². The molecule has 7 nitrogen and oxygen atoms in total. The number of benzene rings is 1. The molecule has 1 fully saturated rings. The van der Waals surface area contributed by atoms with Crippen LogP contribution < -0.4 is 5.32 Å². The molecule has 0 spiro atoms. The molecule has 1 aliphatic heterocycles. The lowest BCUT2D eigenvalue weighted by Crippen LogP contribution is -2.44. The van der Waals surface area contributed by atoms with Gasteiger partial charge in [-0.3, -0.25) is 0 Å². The lowest BCUT2D eigenvalue weighted by molar-refractivity contribution is 0.0210. The third-order valence-corrected chi connectivity index (χ3v) is 3.81. The summed E-state index contributed by atoms with van der Waals surface area (Å²) in [5.74, 6) is 0. The van der Waals surface area contributed by atoms with Crippen LogP contribution in [0.2, 0.25) is 0 Å². The quantitative estimate of drug-likeness (QED) is 0.492. The van der Waals surface area contributed by atoms with Gasteiger partial charge in [0.15, 0.2) is 0 Å². The zero-order chi connectivity index (χ0) is 17.7. The number of ether oxygens (including phenoxy) is 1. The summed E-state index contributed by atoms with van der Waals surface area (Å²) in [6.45, 7) is 8.90. The molecule has 1 heterocycles. The summed E-state index contributed by atoms with van der Waals surface area (Å²) in [5.41, 5.74) is 10.7. The van der Waals surface area contributed by atoms with Crippen LogP contribution in [0.1, 0.15) is 39.2 Å². The molecule has 0 aromatic heterocycles. The number of likely N-dealkylation sites (tertiary alicyclic amines) is 1. The van der Waals surface area contributed by atoms with Gasteiger partial charge in [0, 0.05) is 29.7 Å². The minimum absolute atomic E-state index is 0.234. The molecule has 1 N–H and O–H groups in total. The number of carbonyl (C=O) groups is 1. The van der Waals surface area contributed by atoms with Crippen molar-refractivity contribution >= 4 is 17.5 Å². The second-order valence-electron chi connectivity index (χ2n) is 7.10. The van der Waals surface area contributed by atoms with Crippen LogP contribution in [0, 0.1) is 6.92 Å². The predicted octanol–water partition coefficient (Wildman–Crippen LogP) is 4.75. The topological polar surface area (TPSA) is 90.3 Å². The van der Waals surface area contributed by atoms with Crippen LogP contribution in [-0.2, 0) is 4.74 Å². The minimum atomic E-state index is -0.474. The average Bonchev–Trinajstić information content (AvgIpc) is 2.49. The van der Waals surface area contributed by atoms with Gasteiger partial charge in [-0.05, 0) is 57.7 Å². The molecule has 24 heavy (non-hydrogen) atoms. The largest absolute Gasteiger partial charge is 0.444 e. The first-order valence-corrected chi connectivity index (χ1v) is 8.19. The number of anilines is 1. The first kappa shape index (κ1) is 17.9. The molecule has 0 bridgehead atoms. The molecular weight excluding hydrogens is 306 g/mol. The van der Waals surface area contributed by atoms with Crippen molar-refractivity contribution in [3.8, 4) is 0 Å². The fraction of sp³-hybridized carbons (Fsp3) is 0.588. The van der Waals surface area contributed by atoms with Crippen molar-refractivity contribution in [3.63, 3.8) is 0 Å². The molecule has 1 aromatic rings. The zero-order valence-electron chi connectivity index (χ0n) is 14.7. The summed E-state index contributed by atoms with van der Waals surface area (Å²) in [6, 6.07) is 5.94. The molecule has 7 heteroatoms. The molecule has 1 aromatic carbocycles. The van der Waals surface area contributed by atoms with E-state index in [9.17, 15) is 4.79 Å². The number of nitrogens with one attached hydrogen (secondary N) is 1. The highest BCUT2D eigenvalue weighted by Gasteiger charge is 2.27. The number of hydrogen-bond donors (Lipinski definition) is 1. The molecule has 1 aliphatic rings. The van der Waals surface area contributed by atoms with Crippen LogP contribution in [0.4, 0.5) is 16.2 Å².